The Bertz CT molecular complexity index is 635. The number of rotatable bonds is 2. The van der Waals surface area contributed by atoms with Crippen LogP contribution >= 0.6 is 27.5 Å². The minimum atomic E-state index is 0.497. The Morgan fingerprint density at radius 1 is 1.33 bits per heavy atom. The minimum absolute atomic E-state index is 0.497. The molecule has 0 spiro atoms. The van der Waals surface area contributed by atoms with Crippen molar-refractivity contribution >= 4 is 39.0 Å². The molecule has 0 saturated heterocycles. The van der Waals surface area contributed by atoms with Gasteiger partial charge in [0.15, 0.2) is 0 Å². The Balaban J connectivity index is 2.29. The van der Waals surface area contributed by atoms with Crippen LogP contribution < -0.4 is 5.32 Å². The summed E-state index contributed by atoms with van der Waals surface area (Å²) < 4.78 is 0.957. The average Bonchev–Trinajstić information content (AvgIpc) is 2.36. The molecule has 0 saturated carbocycles. The van der Waals surface area contributed by atoms with E-state index in [0.717, 1.165) is 15.9 Å². The van der Waals surface area contributed by atoms with Crippen LogP contribution in [-0.4, -0.2) is 4.98 Å². The van der Waals surface area contributed by atoms with Gasteiger partial charge in [-0.05, 0) is 53.2 Å². The molecule has 1 aromatic heterocycles. The largest absolute Gasteiger partial charge is 0.339 e. The van der Waals surface area contributed by atoms with E-state index in [9.17, 15) is 0 Å². The van der Waals surface area contributed by atoms with Crippen LogP contribution in [0, 0.1) is 18.3 Å². The van der Waals surface area contributed by atoms with Crippen LogP contribution in [0.1, 0.15) is 11.3 Å². The number of pyridine rings is 1. The van der Waals surface area contributed by atoms with E-state index >= 15 is 0 Å². The van der Waals surface area contributed by atoms with E-state index in [1.54, 1.807) is 18.2 Å². The van der Waals surface area contributed by atoms with Gasteiger partial charge in [0.05, 0.1) is 28.0 Å². The van der Waals surface area contributed by atoms with E-state index in [0.29, 0.717) is 16.4 Å². The van der Waals surface area contributed by atoms with Crippen LogP contribution in [-0.2, 0) is 0 Å². The van der Waals surface area contributed by atoms with Gasteiger partial charge in [0.1, 0.15) is 5.82 Å². The predicted octanol–water partition coefficient (Wildman–Crippen LogP) is 4.42. The zero-order valence-electron chi connectivity index (χ0n) is 9.54. The van der Waals surface area contributed by atoms with Crippen molar-refractivity contribution in [3.05, 3.63) is 51.1 Å². The summed E-state index contributed by atoms with van der Waals surface area (Å²) >= 11 is 9.47. The van der Waals surface area contributed by atoms with Gasteiger partial charge in [-0.25, -0.2) is 4.98 Å². The number of aromatic nitrogens is 1. The first-order chi connectivity index (χ1) is 8.60. The molecule has 2 rings (SSSR count). The van der Waals surface area contributed by atoms with Crippen LogP contribution in [0.5, 0.6) is 0 Å². The van der Waals surface area contributed by atoms with Gasteiger partial charge in [-0.2, -0.15) is 5.26 Å². The molecule has 0 fully saturated rings. The lowest BCUT2D eigenvalue weighted by atomic mass is 10.2. The molecule has 0 unspecified atom stereocenters. The lowest BCUT2D eigenvalue weighted by molar-refractivity contribution is 1.18. The average molecular weight is 323 g/mol. The number of hydrogen-bond donors (Lipinski definition) is 1. The summed E-state index contributed by atoms with van der Waals surface area (Å²) in [5, 5.41) is 12.4. The molecule has 0 radical (unpaired) electrons. The van der Waals surface area contributed by atoms with Crippen molar-refractivity contribution in [1.29, 1.82) is 5.26 Å². The van der Waals surface area contributed by atoms with Crippen LogP contribution in [0.3, 0.4) is 0 Å². The maximum absolute atomic E-state index is 8.76. The van der Waals surface area contributed by atoms with E-state index < -0.39 is 0 Å². The quantitative estimate of drug-likeness (QED) is 0.890. The molecule has 0 aliphatic rings. The first kappa shape index (κ1) is 12.9. The van der Waals surface area contributed by atoms with E-state index in [1.165, 1.54) is 0 Å². The van der Waals surface area contributed by atoms with Gasteiger partial charge in [0, 0.05) is 4.47 Å². The van der Waals surface area contributed by atoms with Gasteiger partial charge in [0.2, 0.25) is 0 Å². The number of nitriles is 1. The second-order valence-corrected chi connectivity index (χ2v) is 4.96. The Morgan fingerprint density at radius 2 is 2.11 bits per heavy atom. The van der Waals surface area contributed by atoms with Crippen LogP contribution in [0.25, 0.3) is 0 Å². The third-order valence-corrected chi connectivity index (χ3v) is 3.53. The number of benzene rings is 1. The number of nitrogens with one attached hydrogen (secondary N) is 1. The molecule has 0 aliphatic heterocycles. The zero-order chi connectivity index (χ0) is 13.1. The second kappa shape index (κ2) is 5.38. The molecule has 2 aromatic rings. The summed E-state index contributed by atoms with van der Waals surface area (Å²) in [6.07, 6.45) is 0. The fourth-order valence-corrected chi connectivity index (χ4v) is 1.89. The van der Waals surface area contributed by atoms with E-state index in [-0.39, 0.29) is 0 Å². The Kier molecular flexibility index (Phi) is 3.85. The Hall–Kier alpha value is -1.57. The third kappa shape index (κ3) is 2.81. The molecule has 1 N–H and O–H groups in total. The molecule has 1 aromatic carbocycles. The normalized spacial score (nSPS) is 9.89. The van der Waals surface area contributed by atoms with Crippen molar-refractivity contribution in [2.75, 3.05) is 5.32 Å². The van der Waals surface area contributed by atoms with Crippen LogP contribution in [0.2, 0.25) is 5.02 Å². The Labute approximate surface area is 119 Å². The van der Waals surface area contributed by atoms with Gasteiger partial charge in [-0.15, -0.1) is 0 Å². The minimum Gasteiger partial charge on any atom is -0.339 e. The van der Waals surface area contributed by atoms with Crippen molar-refractivity contribution in [2.24, 2.45) is 0 Å². The lowest BCUT2D eigenvalue weighted by Gasteiger charge is -2.09. The number of nitrogens with zero attached hydrogens (tertiary/aromatic N) is 2. The summed E-state index contributed by atoms with van der Waals surface area (Å²) in [7, 11) is 0. The molecule has 0 atom stereocenters. The fourth-order valence-electron chi connectivity index (χ4n) is 1.44. The van der Waals surface area contributed by atoms with Crippen molar-refractivity contribution in [2.45, 2.75) is 6.92 Å². The number of aryl methyl sites for hydroxylation is 1. The molecule has 0 amide bonds. The van der Waals surface area contributed by atoms with Crippen LogP contribution in [0.4, 0.5) is 11.5 Å². The van der Waals surface area contributed by atoms with Gasteiger partial charge >= 0.3 is 0 Å². The number of halogens is 2. The van der Waals surface area contributed by atoms with Gasteiger partial charge < -0.3 is 5.32 Å². The van der Waals surface area contributed by atoms with Crippen molar-refractivity contribution in [3.63, 3.8) is 0 Å². The van der Waals surface area contributed by atoms with Crippen molar-refractivity contribution in [1.82, 2.24) is 4.98 Å². The highest BCUT2D eigenvalue weighted by molar-refractivity contribution is 9.10. The Morgan fingerprint density at radius 3 is 2.72 bits per heavy atom. The standard InChI is InChI=1S/C13H9BrClN3/c1-8-10(14)3-5-13(17-8)18-12-4-2-9(7-16)6-11(12)15/h2-6H,1H3,(H,17,18). The highest BCUT2D eigenvalue weighted by atomic mass is 79.9. The molecule has 90 valence electrons. The molecule has 1 heterocycles. The smallest absolute Gasteiger partial charge is 0.130 e. The lowest BCUT2D eigenvalue weighted by Crippen LogP contribution is -1.96. The monoisotopic (exact) mass is 321 g/mol. The predicted molar refractivity (Wildman–Crippen MR) is 76.1 cm³/mol. The second-order valence-electron chi connectivity index (χ2n) is 3.70. The molecule has 18 heavy (non-hydrogen) atoms. The molecular formula is C13H9BrClN3. The first-order valence-corrected chi connectivity index (χ1v) is 6.37. The van der Waals surface area contributed by atoms with Gasteiger partial charge in [-0.3, -0.25) is 0 Å². The van der Waals surface area contributed by atoms with Gasteiger partial charge in [0.25, 0.3) is 0 Å². The molecule has 3 nitrogen and oxygen atoms in total. The molecule has 0 aliphatic carbocycles. The van der Waals surface area contributed by atoms with E-state index in [4.69, 9.17) is 16.9 Å². The maximum Gasteiger partial charge on any atom is 0.130 e. The molecule has 5 heteroatoms. The zero-order valence-corrected chi connectivity index (χ0v) is 11.9. The maximum atomic E-state index is 8.76. The molecular weight excluding hydrogens is 314 g/mol. The summed E-state index contributed by atoms with van der Waals surface area (Å²) in [5.74, 6) is 0.710. The summed E-state index contributed by atoms with van der Waals surface area (Å²) in [4.78, 5) is 4.37. The van der Waals surface area contributed by atoms with E-state index in [1.807, 2.05) is 25.1 Å². The summed E-state index contributed by atoms with van der Waals surface area (Å²) in [5.41, 5.74) is 2.15. The summed E-state index contributed by atoms with van der Waals surface area (Å²) in [6, 6.07) is 10.9. The number of hydrogen-bond acceptors (Lipinski definition) is 3. The summed E-state index contributed by atoms with van der Waals surface area (Å²) in [6.45, 7) is 1.91. The van der Waals surface area contributed by atoms with Gasteiger partial charge in [-0.1, -0.05) is 11.6 Å². The topological polar surface area (TPSA) is 48.7 Å². The highest BCUT2D eigenvalue weighted by Gasteiger charge is 2.04. The number of anilines is 2. The van der Waals surface area contributed by atoms with Crippen LogP contribution in [0.15, 0.2) is 34.8 Å². The molecule has 0 bridgehead atoms. The highest BCUT2D eigenvalue weighted by Crippen LogP contribution is 2.26. The van der Waals surface area contributed by atoms with Crippen molar-refractivity contribution in [3.8, 4) is 6.07 Å². The first-order valence-electron chi connectivity index (χ1n) is 5.20. The SMILES string of the molecule is Cc1nc(Nc2ccc(C#N)cc2Cl)ccc1Br. The fraction of sp³-hybridized carbons (Fsp3) is 0.0769. The third-order valence-electron chi connectivity index (χ3n) is 2.38. The van der Waals surface area contributed by atoms with Crippen molar-refractivity contribution < 1.29 is 0 Å². The van der Waals surface area contributed by atoms with E-state index in [2.05, 4.69) is 26.2 Å².